The second-order valence-electron chi connectivity index (χ2n) is 18.6. The van der Waals surface area contributed by atoms with Crippen molar-refractivity contribution >= 4 is 58.3 Å². The van der Waals surface area contributed by atoms with Gasteiger partial charge in [-0.25, -0.2) is 9.97 Å². The van der Waals surface area contributed by atoms with Gasteiger partial charge in [-0.3, -0.25) is 23.7 Å². The van der Waals surface area contributed by atoms with E-state index < -0.39 is 60.0 Å². The summed E-state index contributed by atoms with van der Waals surface area (Å²) in [6.07, 6.45) is 4.00. The quantitative estimate of drug-likeness (QED) is 0.0724. The highest BCUT2D eigenvalue weighted by Gasteiger charge is 2.65. The van der Waals surface area contributed by atoms with Gasteiger partial charge >= 0.3 is 5.97 Å². The molecule has 2 aromatic heterocycles. The number of hydrogen-bond acceptors (Lipinski definition) is 12. The molecule has 16 heteroatoms. The number of anilines is 1. The molecule has 0 radical (unpaired) electrons. The third-order valence-electron chi connectivity index (χ3n) is 12.3. The fraction of sp³-hybridized carbons (Fsp3) is 0.600. The number of nitrogens with zero attached hydrogens (tertiary/aromatic N) is 4. The minimum atomic E-state index is -4.15. The first-order chi connectivity index (χ1) is 28.7. The highest BCUT2D eigenvalue weighted by molar-refractivity contribution is 7.61. The van der Waals surface area contributed by atoms with E-state index in [0.29, 0.717) is 28.4 Å². The topological polar surface area (TPSA) is 178 Å². The highest BCUT2D eigenvalue weighted by Crippen LogP contribution is 2.72. The van der Waals surface area contributed by atoms with Gasteiger partial charge in [0.05, 0.1) is 42.4 Å². The summed E-state index contributed by atoms with van der Waals surface area (Å²) < 4.78 is 32.1. The van der Waals surface area contributed by atoms with Crippen LogP contribution in [0.3, 0.4) is 0 Å². The SMILES string of the molecule is C=C[C@@H]1C[C@]1(CC(=O)CC1C[C@@H](Oc2cc(-c3csc(NC(C)C)n3)nc3cc(OC)ccc23)CN1C(=O)C(CC(=O)OC1CCCC1)C(C)(C)C)P(=O)(O)CC(=O)N(C)C. The van der Waals surface area contributed by atoms with Crippen LogP contribution in [0.2, 0.25) is 0 Å². The number of carbonyl (C=O) groups is 4. The van der Waals surface area contributed by atoms with Crippen molar-refractivity contribution in [3.05, 3.63) is 42.3 Å². The molecule has 6 rings (SSSR count). The predicted molar refractivity (Wildman–Crippen MR) is 237 cm³/mol. The first-order valence-electron chi connectivity index (χ1n) is 21.3. The van der Waals surface area contributed by atoms with Gasteiger partial charge in [-0.05, 0) is 69.4 Å². The number of ketones is 1. The number of Topliss-reactive ketones (excluding diaryl/α,β-unsaturated/α-hetero) is 1. The maximum Gasteiger partial charge on any atom is 0.306 e. The number of fused-ring (bicyclic) bond motifs is 1. The largest absolute Gasteiger partial charge is 0.497 e. The van der Waals surface area contributed by atoms with E-state index in [4.69, 9.17) is 24.2 Å². The van der Waals surface area contributed by atoms with Gasteiger partial charge in [0.2, 0.25) is 19.2 Å². The summed E-state index contributed by atoms with van der Waals surface area (Å²) in [4.78, 5) is 79.1. The number of allylic oxidation sites excluding steroid dienone is 1. The molecule has 3 fully saturated rings. The van der Waals surface area contributed by atoms with Gasteiger partial charge in [0.25, 0.3) is 0 Å². The molecule has 3 aromatic rings. The zero-order valence-electron chi connectivity index (χ0n) is 36.8. The Labute approximate surface area is 363 Å². The number of ether oxygens (including phenoxy) is 3. The Morgan fingerprint density at radius 2 is 1.84 bits per heavy atom. The van der Waals surface area contributed by atoms with Crippen LogP contribution in [0.15, 0.2) is 42.3 Å². The summed E-state index contributed by atoms with van der Waals surface area (Å²) in [5.41, 5.74) is 1.23. The van der Waals surface area contributed by atoms with Crippen LogP contribution < -0.4 is 14.8 Å². The minimum Gasteiger partial charge on any atom is -0.497 e. The lowest BCUT2D eigenvalue weighted by Gasteiger charge is -2.35. The predicted octanol–water partition coefficient (Wildman–Crippen LogP) is 7.73. The monoisotopic (exact) mass is 879 g/mol. The Bertz CT molecular complexity index is 2180. The smallest absolute Gasteiger partial charge is 0.306 e. The van der Waals surface area contributed by atoms with Crippen molar-refractivity contribution in [3.8, 4) is 22.9 Å². The van der Waals surface area contributed by atoms with Crippen LogP contribution in [0.4, 0.5) is 5.13 Å². The summed E-state index contributed by atoms with van der Waals surface area (Å²) in [6.45, 7) is 13.8. The Hall–Kier alpha value is -4.33. The number of carbonyl (C=O) groups excluding carboxylic acids is 4. The van der Waals surface area contributed by atoms with Crippen molar-refractivity contribution in [2.45, 2.75) is 122 Å². The number of thiazole rings is 1. The number of aromatic nitrogens is 2. The van der Waals surface area contributed by atoms with Gasteiger partial charge in [-0.15, -0.1) is 17.9 Å². The fourth-order valence-electron chi connectivity index (χ4n) is 8.72. The molecule has 2 amide bonds. The maximum absolute atomic E-state index is 14.9. The summed E-state index contributed by atoms with van der Waals surface area (Å²) in [7, 11) is 0.477. The van der Waals surface area contributed by atoms with Crippen LogP contribution in [0, 0.1) is 17.3 Å². The van der Waals surface area contributed by atoms with Crippen molar-refractivity contribution < 1.29 is 42.8 Å². The Balaban J connectivity index is 1.31. The molecule has 6 atom stereocenters. The minimum absolute atomic E-state index is 0.105. The van der Waals surface area contributed by atoms with E-state index >= 15 is 0 Å². The number of nitrogens with one attached hydrogen (secondary N) is 1. The van der Waals surface area contributed by atoms with E-state index in [1.165, 1.54) is 30.3 Å². The summed E-state index contributed by atoms with van der Waals surface area (Å²) in [5, 5.41) is 5.44. The molecule has 61 heavy (non-hydrogen) atoms. The van der Waals surface area contributed by atoms with Crippen molar-refractivity contribution in [2.24, 2.45) is 17.3 Å². The first-order valence-corrected chi connectivity index (χ1v) is 24.0. The van der Waals surface area contributed by atoms with E-state index in [-0.39, 0.29) is 62.5 Å². The molecule has 2 aliphatic carbocycles. The van der Waals surface area contributed by atoms with E-state index in [1.54, 1.807) is 18.1 Å². The van der Waals surface area contributed by atoms with Crippen LogP contribution in [0.25, 0.3) is 22.3 Å². The number of likely N-dealkylation sites (tertiary alicyclic amines) is 1. The molecule has 3 heterocycles. The molecule has 1 aromatic carbocycles. The van der Waals surface area contributed by atoms with Gasteiger partial charge in [-0.1, -0.05) is 26.8 Å². The van der Waals surface area contributed by atoms with E-state index in [0.717, 1.165) is 36.2 Å². The molecule has 14 nitrogen and oxygen atoms in total. The van der Waals surface area contributed by atoms with Gasteiger partial charge < -0.3 is 34.2 Å². The van der Waals surface area contributed by atoms with Crippen molar-refractivity contribution in [3.63, 3.8) is 0 Å². The second-order valence-corrected chi connectivity index (χ2v) is 22.1. The van der Waals surface area contributed by atoms with Gasteiger partial charge in [-0.2, -0.15) is 0 Å². The Kier molecular flexibility index (Phi) is 14.1. The molecule has 0 bridgehead atoms. The number of hydrogen-bond donors (Lipinski definition) is 2. The summed E-state index contributed by atoms with van der Waals surface area (Å²) in [5.74, 6) is -1.53. The number of benzene rings is 1. The number of methoxy groups -OCH3 is 1. The van der Waals surface area contributed by atoms with Crippen LogP contribution in [0.5, 0.6) is 11.5 Å². The second kappa shape index (κ2) is 18.6. The van der Waals surface area contributed by atoms with Gasteiger partial charge in [0, 0.05) is 68.3 Å². The van der Waals surface area contributed by atoms with Crippen molar-refractivity contribution in [2.75, 3.05) is 39.2 Å². The summed E-state index contributed by atoms with van der Waals surface area (Å²) >= 11 is 1.47. The van der Waals surface area contributed by atoms with E-state index in [9.17, 15) is 28.6 Å². The molecule has 1 saturated heterocycles. The van der Waals surface area contributed by atoms with Gasteiger partial charge in [0.1, 0.15) is 41.3 Å². The zero-order valence-corrected chi connectivity index (χ0v) is 38.5. The fourth-order valence-corrected chi connectivity index (χ4v) is 12.1. The lowest BCUT2D eigenvalue weighted by atomic mass is 9.77. The number of amides is 2. The third kappa shape index (κ3) is 10.7. The Morgan fingerprint density at radius 1 is 1.11 bits per heavy atom. The van der Waals surface area contributed by atoms with Crippen LogP contribution in [-0.2, 0) is 28.5 Å². The van der Waals surface area contributed by atoms with Crippen molar-refractivity contribution in [1.82, 2.24) is 19.8 Å². The maximum atomic E-state index is 14.9. The zero-order chi connectivity index (χ0) is 44.4. The third-order valence-corrected chi connectivity index (χ3v) is 15.9. The lowest BCUT2D eigenvalue weighted by molar-refractivity contribution is -0.156. The van der Waals surface area contributed by atoms with Crippen LogP contribution in [0.1, 0.15) is 92.4 Å². The van der Waals surface area contributed by atoms with Crippen molar-refractivity contribution in [1.29, 1.82) is 0 Å². The van der Waals surface area contributed by atoms with Crippen LogP contribution in [-0.4, -0.2) is 112 Å². The first kappa shape index (κ1) is 46.2. The average molecular weight is 880 g/mol. The molecule has 2 N–H and O–H groups in total. The van der Waals surface area contributed by atoms with Crippen LogP contribution >= 0.6 is 18.7 Å². The molecule has 332 valence electrons. The lowest BCUT2D eigenvalue weighted by Crippen LogP contribution is -2.46. The van der Waals surface area contributed by atoms with E-state index in [2.05, 4.69) is 11.9 Å². The number of esters is 1. The number of rotatable bonds is 18. The molecule has 0 spiro atoms. The molecule has 3 unspecified atom stereocenters. The standard InChI is InChI=1S/C45H62N5O9PS/c1-10-28-22-45(28,60(55,56)25-40(52)49(7)8)23-30(51)17-29-18-33(24-50(29)42(54)35(44(4,5)6)20-41(53)59-31-13-11-12-14-31)58-39-21-37(38-26-61-43(48-38)46-27(2)3)47-36-19-32(57-9)15-16-34(36)39/h10,15-16,19,21,26-29,31,33,35H,1,11-14,17-18,20,22-25H2,2-9H3,(H,46,48)(H,55,56)/t28-,29?,33-,35?,45-/m1/s1. The molecule has 1 aliphatic heterocycles. The highest BCUT2D eigenvalue weighted by atomic mass is 32.1. The molecular formula is C45H62N5O9PS. The summed E-state index contributed by atoms with van der Waals surface area (Å²) in [6, 6.07) is 6.91. The van der Waals surface area contributed by atoms with Gasteiger partial charge in [0.15, 0.2) is 5.13 Å². The molecule has 3 aliphatic rings. The normalized spacial score (nSPS) is 23.0. The average Bonchev–Trinajstić information content (AvgIpc) is 3.55. The Morgan fingerprint density at radius 3 is 2.46 bits per heavy atom. The number of pyridine rings is 1. The molecular weight excluding hydrogens is 818 g/mol. The molecule has 2 saturated carbocycles. The van der Waals surface area contributed by atoms with E-state index in [1.807, 2.05) is 64.3 Å².